The second-order valence-electron chi connectivity index (χ2n) is 8.79. The Morgan fingerprint density at radius 3 is 2.20 bits per heavy atom. The Bertz CT molecular complexity index is 833. The third-order valence-corrected chi connectivity index (χ3v) is 7.64. The highest BCUT2D eigenvalue weighted by Gasteiger charge is 2.54. The number of H-pyrrole nitrogens is 1. The lowest BCUT2D eigenvalue weighted by Crippen LogP contribution is -2.48. The molecule has 0 atom stereocenters. The van der Waals surface area contributed by atoms with Crippen molar-refractivity contribution in [1.29, 1.82) is 0 Å². The number of para-hydroxylation sites is 2. The number of carbonyl (C=O) groups is 2. The van der Waals surface area contributed by atoms with E-state index < -0.39 is 11.4 Å². The first-order valence-electron chi connectivity index (χ1n) is 11.1. The Balaban J connectivity index is 1.60. The number of aliphatic carboxylic acids is 1. The largest absolute Gasteiger partial charge is 0.481 e. The second-order valence-corrected chi connectivity index (χ2v) is 9.51. The molecule has 2 aliphatic carbocycles. The predicted octanol–water partition coefficient (Wildman–Crippen LogP) is 5.73. The van der Waals surface area contributed by atoms with E-state index in [-0.39, 0.29) is 24.2 Å². The molecule has 1 aromatic heterocycles. The summed E-state index contributed by atoms with van der Waals surface area (Å²) in [7, 11) is 0. The first kappa shape index (κ1) is 21.2. The van der Waals surface area contributed by atoms with Crippen molar-refractivity contribution in [3.05, 3.63) is 24.3 Å². The van der Waals surface area contributed by atoms with Crippen LogP contribution in [0.2, 0.25) is 0 Å². The van der Waals surface area contributed by atoms with Crippen molar-refractivity contribution in [2.45, 2.75) is 75.8 Å². The maximum absolute atomic E-state index is 13.6. The van der Waals surface area contributed by atoms with Gasteiger partial charge in [0.1, 0.15) is 12.0 Å². The second kappa shape index (κ2) is 9.41. The highest BCUT2D eigenvalue weighted by Crippen LogP contribution is 2.52. The summed E-state index contributed by atoms with van der Waals surface area (Å²) in [6.07, 6.45) is 10.1. The predicted molar refractivity (Wildman–Crippen MR) is 116 cm³/mol. The fraction of sp³-hybridized carbons (Fsp3) is 0.609. The number of aromatic nitrogens is 2. The Morgan fingerprint density at radius 2 is 1.63 bits per heavy atom. The Labute approximate surface area is 181 Å². The molecular formula is C23H30N2O4S. The van der Waals surface area contributed by atoms with Crippen LogP contribution in [0.5, 0.6) is 0 Å². The maximum Gasteiger partial charge on any atom is 0.325 e. The van der Waals surface area contributed by atoms with Crippen LogP contribution in [0.3, 0.4) is 0 Å². The minimum absolute atomic E-state index is 0.0780. The van der Waals surface area contributed by atoms with Crippen molar-refractivity contribution < 1.29 is 18.9 Å². The summed E-state index contributed by atoms with van der Waals surface area (Å²) in [6.45, 7) is 0. The van der Waals surface area contributed by atoms with E-state index in [9.17, 15) is 14.7 Å². The molecule has 7 heteroatoms. The molecule has 1 aromatic carbocycles. The van der Waals surface area contributed by atoms with Crippen molar-refractivity contribution >= 4 is 35.0 Å². The van der Waals surface area contributed by atoms with Crippen LogP contribution < -0.4 is 0 Å². The minimum atomic E-state index is -0.939. The molecule has 2 aliphatic rings. The number of nitrogens with zero attached hydrogens (tertiary/aromatic N) is 1. The summed E-state index contributed by atoms with van der Waals surface area (Å²) in [5, 5.41) is 10.3. The third kappa shape index (κ3) is 4.36. The van der Waals surface area contributed by atoms with Crippen LogP contribution in [0.1, 0.15) is 70.6 Å². The average molecular weight is 431 g/mol. The van der Waals surface area contributed by atoms with Gasteiger partial charge in [0.05, 0.1) is 22.9 Å². The normalized spacial score (nSPS) is 19.1. The molecule has 0 bridgehead atoms. The van der Waals surface area contributed by atoms with Crippen molar-refractivity contribution in [1.82, 2.24) is 9.97 Å². The van der Waals surface area contributed by atoms with Gasteiger partial charge in [-0.3, -0.25) is 9.59 Å². The van der Waals surface area contributed by atoms with E-state index in [4.69, 9.17) is 4.18 Å². The van der Waals surface area contributed by atoms with Crippen molar-refractivity contribution in [3.63, 3.8) is 0 Å². The number of carboxylic acid groups (broad SMARTS) is 1. The SMILES string of the molecule is O=C(O)CC(C(=O)OSc1nc2ccccc2[nH]1)(C1CCCCC1)C1CCCCC1. The zero-order valence-corrected chi connectivity index (χ0v) is 18.1. The molecule has 2 aromatic rings. The molecular weight excluding hydrogens is 400 g/mol. The summed E-state index contributed by atoms with van der Waals surface area (Å²) < 4.78 is 5.75. The Hall–Kier alpha value is -2.02. The van der Waals surface area contributed by atoms with Crippen LogP contribution in [-0.2, 0) is 13.8 Å². The van der Waals surface area contributed by atoms with Gasteiger partial charge in [-0.1, -0.05) is 50.7 Å². The summed E-state index contributed by atoms with van der Waals surface area (Å²) in [5.74, 6) is -1.12. The van der Waals surface area contributed by atoms with Gasteiger partial charge in [-0.25, -0.2) is 4.98 Å². The lowest BCUT2D eigenvalue weighted by atomic mass is 9.57. The number of benzene rings is 1. The lowest BCUT2D eigenvalue weighted by molar-refractivity contribution is -0.164. The highest BCUT2D eigenvalue weighted by atomic mass is 32.2. The number of hydrogen-bond acceptors (Lipinski definition) is 5. The van der Waals surface area contributed by atoms with E-state index in [1.807, 2.05) is 24.3 Å². The van der Waals surface area contributed by atoms with Crippen molar-refractivity contribution in [3.8, 4) is 0 Å². The molecule has 1 heterocycles. The molecule has 0 radical (unpaired) electrons. The first-order chi connectivity index (χ1) is 14.6. The van der Waals surface area contributed by atoms with Crippen molar-refractivity contribution in [2.75, 3.05) is 0 Å². The third-order valence-electron chi connectivity index (χ3n) is 7.06. The van der Waals surface area contributed by atoms with Gasteiger partial charge < -0.3 is 14.3 Å². The van der Waals surface area contributed by atoms with Crippen LogP contribution in [0.25, 0.3) is 11.0 Å². The monoisotopic (exact) mass is 430 g/mol. The molecule has 2 saturated carbocycles. The molecule has 4 rings (SSSR count). The average Bonchev–Trinajstić information content (AvgIpc) is 3.20. The van der Waals surface area contributed by atoms with E-state index in [1.54, 1.807) is 0 Å². The molecule has 0 amide bonds. The van der Waals surface area contributed by atoms with E-state index >= 15 is 0 Å². The molecule has 0 unspecified atom stereocenters. The van der Waals surface area contributed by atoms with Crippen LogP contribution >= 0.6 is 12.0 Å². The van der Waals surface area contributed by atoms with E-state index in [1.165, 1.54) is 0 Å². The molecule has 6 nitrogen and oxygen atoms in total. The number of imidazole rings is 1. The van der Waals surface area contributed by atoms with Crippen LogP contribution in [0, 0.1) is 17.3 Å². The van der Waals surface area contributed by atoms with Crippen LogP contribution in [0.15, 0.2) is 29.4 Å². The zero-order chi connectivity index (χ0) is 21.0. The fourth-order valence-corrected chi connectivity index (χ4v) is 6.23. The lowest BCUT2D eigenvalue weighted by Gasteiger charge is -2.46. The molecule has 2 fully saturated rings. The molecule has 162 valence electrons. The Kier molecular flexibility index (Phi) is 6.66. The molecule has 0 saturated heterocycles. The molecule has 0 aliphatic heterocycles. The Morgan fingerprint density at radius 1 is 1.03 bits per heavy atom. The number of aromatic amines is 1. The number of fused-ring (bicyclic) bond motifs is 1. The van der Waals surface area contributed by atoms with Crippen molar-refractivity contribution in [2.24, 2.45) is 17.3 Å². The molecule has 0 spiro atoms. The number of rotatable bonds is 7. The topological polar surface area (TPSA) is 92.3 Å². The standard InChI is InChI=1S/C23H30N2O4S/c26-20(27)15-23(16-9-3-1-4-10-16,17-11-5-2-6-12-17)21(28)29-30-22-24-18-13-7-8-14-19(18)25-22/h7-8,13-14,16-17H,1-6,9-12,15H2,(H,24,25)(H,26,27). The van der Waals surface area contributed by atoms with Gasteiger partial charge in [-0.15, -0.1) is 0 Å². The first-order valence-corrected chi connectivity index (χ1v) is 11.9. The van der Waals surface area contributed by atoms with E-state index in [0.29, 0.717) is 5.16 Å². The van der Waals surface area contributed by atoms with Gasteiger partial charge in [0.15, 0.2) is 0 Å². The summed E-state index contributed by atoms with van der Waals surface area (Å²) in [4.78, 5) is 33.2. The maximum atomic E-state index is 13.6. The van der Waals surface area contributed by atoms with Gasteiger partial charge in [0.2, 0.25) is 5.16 Å². The van der Waals surface area contributed by atoms with Crippen LogP contribution in [0.4, 0.5) is 0 Å². The summed E-state index contributed by atoms with van der Waals surface area (Å²) >= 11 is 0.927. The van der Waals surface area contributed by atoms with Gasteiger partial charge in [0.25, 0.3) is 0 Å². The zero-order valence-electron chi connectivity index (χ0n) is 17.3. The van der Waals surface area contributed by atoms with E-state index in [2.05, 4.69) is 9.97 Å². The fourth-order valence-electron chi connectivity index (χ4n) is 5.64. The summed E-state index contributed by atoms with van der Waals surface area (Å²) in [6, 6.07) is 7.65. The quantitative estimate of drug-likeness (QED) is 0.545. The summed E-state index contributed by atoms with van der Waals surface area (Å²) in [5.41, 5.74) is 0.755. The number of hydrogen-bond donors (Lipinski definition) is 2. The van der Waals surface area contributed by atoms with E-state index in [0.717, 1.165) is 87.3 Å². The van der Waals surface area contributed by atoms with Gasteiger partial charge in [0, 0.05) is 0 Å². The van der Waals surface area contributed by atoms with Gasteiger partial charge in [-0.2, -0.15) is 0 Å². The molecule has 2 N–H and O–H groups in total. The number of nitrogens with one attached hydrogen (secondary N) is 1. The highest BCUT2D eigenvalue weighted by molar-refractivity contribution is 7.94. The van der Waals surface area contributed by atoms with Crippen LogP contribution in [-0.4, -0.2) is 27.0 Å². The number of carboxylic acids is 1. The smallest absolute Gasteiger partial charge is 0.325 e. The minimum Gasteiger partial charge on any atom is -0.481 e. The van der Waals surface area contributed by atoms with Gasteiger partial charge in [-0.05, 0) is 49.7 Å². The van der Waals surface area contributed by atoms with Gasteiger partial charge >= 0.3 is 11.9 Å². The molecule has 30 heavy (non-hydrogen) atoms. The number of carbonyl (C=O) groups excluding carboxylic acids is 1.